The van der Waals surface area contributed by atoms with Gasteiger partial charge in [0.25, 0.3) is 0 Å². The molecule has 3 aliphatic heterocycles. The van der Waals surface area contributed by atoms with Crippen molar-refractivity contribution in [3.05, 3.63) is 46.1 Å². The van der Waals surface area contributed by atoms with E-state index in [4.69, 9.17) is 23.9 Å². The lowest BCUT2D eigenvalue weighted by Gasteiger charge is -2.38. The van der Waals surface area contributed by atoms with Gasteiger partial charge in [0.2, 0.25) is 5.91 Å². The first kappa shape index (κ1) is 29.5. The summed E-state index contributed by atoms with van der Waals surface area (Å²) in [5, 5.41) is 2.55. The number of amides is 1. The van der Waals surface area contributed by atoms with Crippen molar-refractivity contribution < 1.29 is 33.3 Å². The number of aliphatic imine (C=N–C) groups is 1. The average Bonchev–Trinajstić information content (AvgIpc) is 3.33. The van der Waals surface area contributed by atoms with Crippen LogP contribution in [-0.4, -0.2) is 72.8 Å². The number of hydrogen-bond acceptors (Lipinski definition) is 10. The molecular formula is C29H37N3O7S. The number of carbonyl (C=O) groups excluding carboxylic acids is 3. The van der Waals surface area contributed by atoms with Gasteiger partial charge >= 0.3 is 11.9 Å². The molecule has 3 aliphatic rings. The van der Waals surface area contributed by atoms with Gasteiger partial charge in [-0.3, -0.25) is 9.59 Å². The molecule has 0 saturated carbocycles. The zero-order chi connectivity index (χ0) is 29.0. The monoisotopic (exact) mass is 571 g/mol. The van der Waals surface area contributed by atoms with E-state index in [1.54, 1.807) is 58.9 Å². The van der Waals surface area contributed by atoms with E-state index in [0.717, 1.165) is 6.42 Å². The van der Waals surface area contributed by atoms with Gasteiger partial charge in [-0.1, -0.05) is 11.8 Å². The predicted molar refractivity (Wildman–Crippen MR) is 152 cm³/mol. The average molecular weight is 572 g/mol. The Morgan fingerprint density at radius 3 is 2.62 bits per heavy atom. The molecule has 0 radical (unpaired) electrons. The van der Waals surface area contributed by atoms with Crippen molar-refractivity contribution in [2.45, 2.75) is 59.1 Å². The molecule has 10 nitrogen and oxygen atoms in total. The smallest absolute Gasteiger partial charge is 0.338 e. The van der Waals surface area contributed by atoms with Crippen LogP contribution in [0.3, 0.4) is 0 Å². The number of fused-ring (bicyclic) bond motifs is 1. The maximum atomic E-state index is 13.6. The summed E-state index contributed by atoms with van der Waals surface area (Å²) in [5.74, 6) is -0.0165. The van der Waals surface area contributed by atoms with E-state index < -0.39 is 12.0 Å². The molecule has 1 saturated heterocycles. The van der Waals surface area contributed by atoms with E-state index in [1.165, 1.54) is 11.8 Å². The second kappa shape index (κ2) is 12.8. The second-order valence-corrected chi connectivity index (χ2v) is 10.9. The third-order valence-corrected chi connectivity index (χ3v) is 7.91. The molecule has 4 rings (SSSR count). The second-order valence-electron chi connectivity index (χ2n) is 10.1. The Morgan fingerprint density at radius 2 is 1.95 bits per heavy atom. The van der Waals surface area contributed by atoms with Crippen LogP contribution in [0, 0.1) is 5.92 Å². The Morgan fingerprint density at radius 1 is 1.18 bits per heavy atom. The standard InChI is InChI=1S/C29H37N3O7S/c1-7-38-27(34)19-9-8-12-31(15-19)24(33)13-20-16-40-29-30-18(4)25(28(35)39-17(2)3)26(32(20)29)22-14-21(36-5)10-11-23(22)37-6/h10-11,14,16-17,19,26H,7-9,12-13,15H2,1-6H3/t19-,26+/m1/s1. The van der Waals surface area contributed by atoms with Crippen LogP contribution in [0.2, 0.25) is 0 Å². The van der Waals surface area contributed by atoms with Crippen LogP contribution in [0.5, 0.6) is 11.5 Å². The van der Waals surface area contributed by atoms with Crippen molar-refractivity contribution in [3.63, 3.8) is 0 Å². The van der Waals surface area contributed by atoms with Crippen molar-refractivity contribution in [1.82, 2.24) is 9.80 Å². The summed E-state index contributed by atoms with van der Waals surface area (Å²) in [6.45, 7) is 8.38. The molecule has 1 aromatic rings. The van der Waals surface area contributed by atoms with Crippen molar-refractivity contribution >= 4 is 34.8 Å². The van der Waals surface area contributed by atoms with E-state index in [9.17, 15) is 14.4 Å². The molecule has 0 aliphatic carbocycles. The van der Waals surface area contributed by atoms with Gasteiger partial charge in [-0.05, 0) is 64.1 Å². The molecule has 0 bridgehead atoms. The number of hydrogen-bond donors (Lipinski definition) is 0. The summed E-state index contributed by atoms with van der Waals surface area (Å²) in [7, 11) is 3.15. The number of piperidine rings is 1. The lowest BCUT2D eigenvalue weighted by molar-refractivity contribution is -0.151. The fraction of sp³-hybridized carbons (Fsp3) is 0.517. The van der Waals surface area contributed by atoms with E-state index in [1.807, 2.05) is 16.4 Å². The highest BCUT2D eigenvalue weighted by Crippen LogP contribution is 2.48. The van der Waals surface area contributed by atoms with Crippen LogP contribution in [-0.2, 0) is 23.9 Å². The van der Waals surface area contributed by atoms with Gasteiger partial charge in [0, 0.05) is 24.4 Å². The third-order valence-electron chi connectivity index (χ3n) is 7.02. The van der Waals surface area contributed by atoms with Crippen molar-refractivity contribution in [1.29, 1.82) is 0 Å². The molecule has 11 heteroatoms. The first-order valence-corrected chi connectivity index (χ1v) is 14.4. The number of esters is 2. The summed E-state index contributed by atoms with van der Waals surface area (Å²) in [6, 6.07) is 4.75. The Hall–Kier alpha value is -3.47. The highest BCUT2D eigenvalue weighted by molar-refractivity contribution is 8.16. The number of amidine groups is 1. The number of benzene rings is 1. The lowest BCUT2D eigenvalue weighted by Crippen LogP contribution is -2.44. The molecule has 3 heterocycles. The fourth-order valence-corrected chi connectivity index (χ4v) is 6.14. The molecule has 1 amide bonds. The number of ether oxygens (including phenoxy) is 4. The number of nitrogens with zero attached hydrogens (tertiary/aromatic N) is 3. The largest absolute Gasteiger partial charge is 0.497 e. The Kier molecular flexibility index (Phi) is 9.44. The highest BCUT2D eigenvalue weighted by atomic mass is 32.2. The number of methoxy groups -OCH3 is 2. The first-order valence-electron chi connectivity index (χ1n) is 13.5. The number of thioether (sulfide) groups is 1. The summed E-state index contributed by atoms with van der Waals surface area (Å²) in [5.41, 5.74) is 2.29. The minimum atomic E-state index is -0.661. The summed E-state index contributed by atoms with van der Waals surface area (Å²) in [4.78, 5) is 47.8. The first-order chi connectivity index (χ1) is 19.2. The summed E-state index contributed by atoms with van der Waals surface area (Å²) in [6.07, 6.45) is 1.18. The van der Waals surface area contributed by atoms with Crippen LogP contribution in [0.15, 0.2) is 45.6 Å². The molecule has 1 fully saturated rings. The van der Waals surface area contributed by atoms with Crippen molar-refractivity contribution in [2.75, 3.05) is 33.9 Å². The van der Waals surface area contributed by atoms with E-state index in [-0.39, 0.29) is 30.3 Å². The maximum Gasteiger partial charge on any atom is 0.338 e. The van der Waals surface area contributed by atoms with Gasteiger partial charge in [0.1, 0.15) is 11.5 Å². The minimum Gasteiger partial charge on any atom is -0.497 e. The lowest BCUT2D eigenvalue weighted by atomic mass is 9.92. The van der Waals surface area contributed by atoms with Gasteiger partial charge in [-0.15, -0.1) is 0 Å². The van der Waals surface area contributed by atoms with Crippen molar-refractivity contribution in [2.24, 2.45) is 10.9 Å². The Balaban J connectivity index is 1.69. The van der Waals surface area contributed by atoms with E-state index >= 15 is 0 Å². The van der Waals surface area contributed by atoms with E-state index in [2.05, 4.69) is 0 Å². The van der Waals surface area contributed by atoms with Gasteiger partial charge < -0.3 is 28.7 Å². The molecular weight excluding hydrogens is 534 g/mol. The highest BCUT2D eigenvalue weighted by Gasteiger charge is 2.43. The van der Waals surface area contributed by atoms with E-state index in [0.29, 0.717) is 65.3 Å². The zero-order valence-electron chi connectivity index (χ0n) is 23.9. The fourth-order valence-electron chi connectivity index (χ4n) is 5.18. The molecule has 0 N–H and O–H groups in total. The third kappa shape index (κ3) is 6.14. The van der Waals surface area contributed by atoms with Gasteiger partial charge in [-0.25, -0.2) is 9.79 Å². The molecule has 0 aromatic heterocycles. The number of likely N-dealkylation sites (tertiary alicyclic amines) is 1. The molecule has 0 unspecified atom stereocenters. The number of rotatable bonds is 9. The van der Waals surface area contributed by atoms with Gasteiger partial charge in [0.05, 0.1) is 56.6 Å². The minimum absolute atomic E-state index is 0.0793. The van der Waals surface area contributed by atoms with Crippen molar-refractivity contribution in [3.8, 4) is 11.5 Å². The summed E-state index contributed by atoms with van der Waals surface area (Å²) < 4.78 is 22.1. The Labute approximate surface area is 239 Å². The predicted octanol–water partition coefficient (Wildman–Crippen LogP) is 4.42. The van der Waals surface area contributed by atoms with Crippen LogP contribution >= 0.6 is 11.8 Å². The van der Waals surface area contributed by atoms with Crippen LogP contribution in [0.4, 0.5) is 0 Å². The van der Waals surface area contributed by atoms with Gasteiger partial charge in [-0.2, -0.15) is 0 Å². The molecule has 0 spiro atoms. The topological polar surface area (TPSA) is 107 Å². The summed E-state index contributed by atoms with van der Waals surface area (Å²) >= 11 is 1.40. The quantitative estimate of drug-likeness (QED) is 0.398. The molecule has 40 heavy (non-hydrogen) atoms. The molecule has 2 atom stereocenters. The molecule has 1 aromatic carbocycles. The number of allylic oxidation sites excluding steroid dienone is 1. The molecule has 216 valence electrons. The maximum absolute atomic E-state index is 13.6. The Bertz CT molecular complexity index is 1260. The van der Waals surface area contributed by atoms with Crippen LogP contribution < -0.4 is 9.47 Å². The zero-order valence-corrected chi connectivity index (χ0v) is 24.7. The van der Waals surface area contributed by atoms with Gasteiger partial charge in [0.15, 0.2) is 5.17 Å². The SMILES string of the molecule is CCOC(=O)[C@@H]1CCCN(C(=O)CC2=CSC3=NC(C)=C(C(=O)OC(C)C)[C@H](c4cc(OC)ccc4OC)N23)C1. The van der Waals surface area contributed by atoms with Crippen LogP contribution in [0.1, 0.15) is 58.6 Å². The number of carbonyl (C=O) groups is 3. The normalized spacial score (nSPS) is 20.6. The van der Waals surface area contributed by atoms with Crippen LogP contribution in [0.25, 0.3) is 0 Å².